The molecule has 0 N–H and O–H groups in total. The van der Waals surface area contributed by atoms with Crippen molar-refractivity contribution in [3.8, 4) is 18.0 Å². The maximum Gasteiger partial charge on any atom is 0.321 e. The van der Waals surface area contributed by atoms with Gasteiger partial charge in [0.25, 0.3) is 0 Å². The molecule has 0 aliphatic carbocycles. The van der Waals surface area contributed by atoms with E-state index in [4.69, 9.17) is 6.42 Å². The molecule has 96 valence electrons. The van der Waals surface area contributed by atoms with Crippen molar-refractivity contribution in [1.29, 1.82) is 0 Å². The van der Waals surface area contributed by atoms with Gasteiger partial charge >= 0.3 is 11.1 Å². The van der Waals surface area contributed by atoms with Gasteiger partial charge in [-0.25, -0.2) is 8.78 Å². The third-order valence-electron chi connectivity index (χ3n) is 2.50. The van der Waals surface area contributed by atoms with E-state index in [2.05, 4.69) is 5.92 Å². The van der Waals surface area contributed by atoms with Crippen LogP contribution in [0.1, 0.15) is 0 Å². The molecule has 0 radical (unpaired) electrons. The Bertz CT molecular complexity index is 784. The first-order valence-electron chi connectivity index (χ1n) is 5.25. The molecule has 0 amide bonds. The minimum absolute atomic E-state index is 0.0350. The lowest BCUT2D eigenvalue weighted by Gasteiger charge is -2.07. The maximum absolute atomic E-state index is 13.1. The van der Waals surface area contributed by atoms with Crippen molar-refractivity contribution in [3.63, 3.8) is 0 Å². The Morgan fingerprint density at radius 3 is 2.47 bits per heavy atom. The number of aromatic nitrogens is 2. The van der Waals surface area contributed by atoms with Gasteiger partial charge in [0, 0.05) is 18.5 Å². The van der Waals surface area contributed by atoms with Crippen LogP contribution in [-0.4, -0.2) is 9.13 Å². The fourth-order valence-electron chi connectivity index (χ4n) is 1.57. The summed E-state index contributed by atoms with van der Waals surface area (Å²) >= 11 is 0. The monoisotopic (exact) mass is 262 g/mol. The van der Waals surface area contributed by atoms with E-state index in [-0.39, 0.29) is 12.2 Å². The summed E-state index contributed by atoms with van der Waals surface area (Å²) in [5.41, 5.74) is -1.65. The molecule has 19 heavy (non-hydrogen) atoms. The molecule has 0 saturated carbocycles. The largest absolute Gasteiger partial charge is 0.321 e. The molecule has 0 bridgehead atoms. The molecule has 1 aromatic heterocycles. The summed E-state index contributed by atoms with van der Waals surface area (Å²) in [5, 5.41) is 0. The van der Waals surface area contributed by atoms with Crippen LogP contribution in [0.3, 0.4) is 0 Å². The molecule has 2 aromatic rings. The summed E-state index contributed by atoms with van der Waals surface area (Å²) in [6.45, 7) is -0.0350. The van der Waals surface area contributed by atoms with Crippen LogP contribution in [0.25, 0.3) is 5.69 Å². The van der Waals surface area contributed by atoms with Crippen LogP contribution in [0.2, 0.25) is 0 Å². The van der Waals surface area contributed by atoms with Crippen LogP contribution in [-0.2, 0) is 6.54 Å². The second-order valence-electron chi connectivity index (χ2n) is 3.71. The van der Waals surface area contributed by atoms with Crippen LogP contribution in [0.4, 0.5) is 8.78 Å². The van der Waals surface area contributed by atoms with Gasteiger partial charge in [0.15, 0.2) is 11.6 Å². The van der Waals surface area contributed by atoms with E-state index in [9.17, 15) is 18.4 Å². The first kappa shape index (κ1) is 12.8. The van der Waals surface area contributed by atoms with Gasteiger partial charge in [-0.15, -0.1) is 6.42 Å². The van der Waals surface area contributed by atoms with E-state index in [1.807, 2.05) is 0 Å². The number of benzene rings is 1. The van der Waals surface area contributed by atoms with Crippen molar-refractivity contribution >= 4 is 0 Å². The molecular weight excluding hydrogens is 254 g/mol. The minimum Gasteiger partial charge on any atom is -0.298 e. The highest BCUT2D eigenvalue weighted by Gasteiger charge is 2.08. The zero-order chi connectivity index (χ0) is 14.0. The average molecular weight is 262 g/mol. The second-order valence-corrected chi connectivity index (χ2v) is 3.71. The zero-order valence-electron chi connectivity index (χ0n) is 9.64. The third kappa shape index (κ3) is 2.31. The molecule has 0 saturated heterocycles. The number of halogens is 2. The second kappa shape index (κ2) is 4.90. The van der Waals surface area contributed by atoms with E-state index < -0.39 is 22.8 Å². The Morgan fingerprint density at radius 2 is 1.84 bits per heavy atom. The molecule has 6 heteroatoms. The summed E-state index contributed by atoms with van der Waals surface area (Å²) in [5.74, 6) is 0.103. The van der Waals surface area contributed by atoms with Gasteiger partial charge in [-0.2, -0.15) is 0 Å². The summed E-state index contributed by atoms with van der Waals surface area (Å²) in [6.07, 6.45) is 7.64. The molecule has 0 aliphatic heterocycles. The highest BCUT2D eigenvalue weighted by atomic mass is 19.2. The van der Waals surface area contributed by atoms with E-state index >= 15 is 0 Å². The number of nitrogens with zero attached hydrogens (tertiary/aromatic N) is 2. The summed E-state index contributed by atoms with van der Waals surface area (Å²) in [7, 11) is 0. The first-order valence-corrected chi connectivity index (χ1v) is 5.25. The van der Waals surface area contributed by atoms with Crippen molar-refractivity contribution in [1.82, 2.24) is 9.13 Å². The molecule has 1 heterocycles. The van der Waals surface area contributed by atoms with Gasteiger partial charge in [-0.3, -0.25) is 18.7 Å². The van der Waals surface area contributed by atoms with Gasteiger partial charge in [0.2, 0.25) is 0 Å². The van der Waals surface area contributed by atoms with Crippen molar-refractivity contribution in [2.45, 2.75) is 6.54 Å². The Labute approximate surface area is 106 Å². The quantitative estimate of drug-likeness (QED) is 0.596. The molecule has 4 nitrogen and oxygen atoms in total. The van der Waals surface area contributed by atoms with Crippen LogP contribution >= 0.6 is 0 Å². The van der Waals surface area contributed by atoms with Gasteiger partial charge in [0.05, 0.1) is 12.2 Å². The van der Waals surface area contributed by atoms with Gasteiger partial charge in [-0.05, 0) is 12.1 Å². The van der Waals surface area contributed by atoms with Crippen molar-refractivity contribution < 1.29 is 8.78 Å². The van der Waals surface area contributed by atoms with Crippen LogP contribution in [0, 0.1) is 24.0 Å². The number of rotatable bonds is 2. The first-order chi connectivity index (χ1) is 9.04. The van der Waals surface area contributed by atoms with Gasteiger partial charge < -0.3 is 0 Å². The third-order valence-corrected chi connectivity index (χ3v) is 2.50. The minimum atomic E-state index is -1.10. The molecular formula is C13H8F2N2O2. The lowest BCUT2D eigenvalue weighted by molar-refractivity contribution is 0.507. The average Bonchev–Trinajstić information content (AvgIpc) is 2.39. The Balaban J connectivity index is 2.62. The van der Waals surface area contributed by atoms with E-state index in [1.54, 1.807) is 0 Å². The van der Waals surface area contributed by atoms with Gasteiger partial charge in [0.1, 0.15) is 0 Å². The molecule has 1 aromatic carbocycles. The highest BCUT2D eigenvalue weighted by Crippen LogP contribution is 2.10. The highest BCUT2D eigenvalue weighted by molar-refractivity contribution is 5.32. The van der Waals surface area contributed by atoms with Crippen molar-refractivity contribution in [2.75, 3.05) is 0 Å². The summed E-state index contributed by atoms with van der Waals surface area (Å²) in [6, 6.07) is 2.91. The molecule has 2 rings (SSSR count). The number of hydrogen-bond acceptors (Lipinski definition) is 2. The Morgan fingerprint density at radius 1 is 1.11 bits per heavy atom. The molecule has 0 atom stereocenters. The molecule has 0 fully saturated rings. The van der Waals surface area contributed by atoms with E-state index in [0.29, 0.717) is 0 Å². The number of terminal acetylenes is 1. The predicted molar refractivity (Wildman–Crippen MR) is 65.0 cm³/mol. The SMILES string of the molecule is C#CCn1ccn(-c2ccc(F)c(F)c2)c(=O)c1=O. The maximum atomic E-state index is 13.1. The molecule has 0 aliphatic rings. The normalized spacial score (nSPS) is 10.2. The fraction of sp³-hybridized carbons (Fsp3) is 0.0769. The summed E-state index contributed by atoms with van der Waals surface area (Å²) in [4.78, 5) is 23.5. The molecule has 0 unspecified atom stereocenters. The molecule has 0 spiro atoms. The van der Waals surface area contributed by atoms with Crippen LogP contribution < -0.4 is 11.1 Å². The Hall–Kier alpha value is -2.68. The van der Waals surface area contributed by atoms with Crippen LogP contribution in [0.15, 0.2) is 40.2 Å². The zero-order valence-corrected chi connectivity index (χ0v) is 9.64. The van der Waals surface area contributed by atoms with E-state index in [0.717, 1.165) is 21.3 Å². The lowest BCUT2D eigenvalue weighted by Crippen LogP contribution is -2.39. The standard InChI is InChI=1S/C13H8F2N2O2/c1-2-5-16-6-7-17(13(19)12(16)18)9-3-4-10(14)11(15)8-9/h1,3-4,6-8H,5H2. The fourth-order valence-corrected chi connectivity index (χ4v) is 1.57. The summed E-state index contributed by atoms with van der Waals surface area (Å²) < 4.78 is 27.9. The lowest BCUT2D eigenvalue weighted by atomic mass is 10.3. The predicted octanol–water partition coefficient (Wildman–Crippen LogP) is 0.911. The smallest absolute Gasteiger partial charge is 0.298 e. The topological polar surface area (TPSA) is 44.0 Å². The Kier molecular flexibility index (Phi) is 3.29. The number of hydrogen-bond donors (Lipinski definition) is 0. The van der Waals surface area contributed by atoms with E-state index in [1.165, 1.54) is 18.5 Å². The van der Waals surface area contributed by atoms with Crippen molar-refractivity contribution in [2.24, 2.45) is 0 Å². The van der Waals surface area contributed by atoms with Crippen molar-refractivity contribution in [3.05, 3.63) is 62.9 Å². The van der Waals surface area contributed by atoms with Gasteiger partial charge in [-0.1, -0.05) is 5.92 Å². The van der Waals surface area contributed by atoms with Crippen LogP contribution in [0.5, 0.6) is 0 Å².